The van der Waals surface area contributed by atoms with Gasteiger partial charge in [0.1, 0.15) is 11.6 Å². The summed E-state index contributed by atoms with van der Waals surface area (Å²) in [6.07, 6.45) is 0.138. The molecular weight excluding hydrogens is 349 g/mol. The smallest absolute Gasteiger partial charge is 0.251 e. The van der Waals surface area contributed by atoms with Gasteiger partial charge >= 0.3 is 0 Å². The molecule has 140 valence electrons. The number of carbonyl (C=O) groups excluding carboxylic acids is 2. The van der Waals surface area contributed by atoms with Crippen LogP contribution >= 0.6 is 0 Å². The molecule has 2 fully saturated rings. The Morgan fingerprint density at radius 3 is 2.26 bits per heavy atom. The maximum atomic E-state index is 14.0. The Morgan fingerprint density at radius 2 is 1.59 bits per heavy atom. The first kappa shape index (κ1) is 17.5. The van der Waals surface area contributed by atoms with Gasteiger partial charge in [0.05, 0.1) is 23.8 Å². The van der Waals surface area contributed by atoms with Gasteiger partial charge in [-0.15, -0.1) is 0 Å². The van der Waals surface area contributed by atoms with Crippen molar-refractivity contribution in [2.45, 2.75) is 12.5 Å². The van der Waals surface area contributed by atoms with Crippen molar-refractivity contribution in [2.75, 3.05) is 36.0 Å². The molecule has 6 nitrogen and oxygen atoms in total. The predicted molar refractivity (Wildman–Crippen MR) is 99.2 cm³/mol. The average molecular weight is 369 g/mol. The van der Waals surface area contributed by atoms with Crippen molar-refractivity contribution >= 4 is 23.2 Å². The molecule has 1 atom stereocenters. The molecule has 0 spiro atoms. The third kappa shape index (κ3) is 3.26. The van der Waals surface area contributed by atoms with E-state index in [1.54, 1.807) is 30.3 Å². The number of amides is 2. The maximum Gasteiger partial charge on any atom is 0.251 e. The number of phenolic OH excluding ortho intramolecular Hbond substituents is 1. The summed E-state index contributed by atoms with van der Waals surface area (Å²) < 4.78 is 14.0. The van der Waals surface area contributed by atoms with E-state index in [9.17, 15) is 19.1 Å². The van der Waals surface area contributed by atoms with Crippen molar-refractivity contribution in [3.63, 3.8) is 0 Å². The molecule has 4 rings (SSSR count). The van der Waals surface area contributed by atoms with Crippen molar-refractivity contribution in [2.24, 2.45) is 0 Å². The quantitative estimate of drug-likeness (QED) is 0.839. The van der Waals surface area contributed by atoms with Crippen LogP contribution < -0.4 is 9.80 Å². The van der Waals surface area contributed by atoms with E-state index in [2.05, 4.69) is 0 Å². The van der Waals surface area contributed by atoms with E-state index in [-0.39, 0.29) is 29.8 Å². The summed E-state index contributed by atoms with van der Waals surface area (Å²) in [6, 6.07) is 12.2. The molecule has 2 aromatic carbocycles. The summed E-state index contributed by atoms with van der Waals surface area (Å²) in [5.41, 5.74) is 1.03. The van der Waals surface area contributed by atoms with Crippen LogP contribution in [0.15, 0.2) is 48.5 Å². The van der Waals surface area contributed by atoms with Crippen molar-refractivity contribution in [1.29, 1.82) is 0 Å². The van der Waals surface area contributed by atoms with Crippen molar-refractivity contribution in [1.82, 2.24) is 4.90 Å². The first-order valence-electron chi connectivity index (χ1n) is 8.94. The molecule has 27 heavy (non-hydrogen) atoms. The number of hydrogen-bond acceptors (Lipinski definition) is 5. The summed E-state index contributed by atoms with van der Waals surface area (Å²) in [5, 5.41) is 9.40. The number of hydrogen-bond donors (Lipinski definition) is 1. The fourth-order valence-corrected chi connectivity index (χ4v) is 3.76. The molecular formula is C20H20FN3O3. The van der Waals surface area contributed by atoms with Gasteiger partial charge < -0.3 is 10.0 Å². The zero-order valence-electron chi connectivity index (χ0n) is 14.7. The number of benzene rings is 2. The number of rotatable bonds is 3. The molecule has 0 aromatic heterocycles. The predicted octanol–water partition coefficient (Wildman–Crippen LogP) is 1.99. The average Bonchev–Trinajstić information content (AvgIpc) is 2.97. The minimum atomic E-state index is -0.492. The molecule has 7 heteroatoms. The van der Waals surface area contributed by atoms with Crippen LogP contribution in [0.3, 0.4) is 0 Å². The fourth-order valence-electron chi connectivity index (χ4n) is 3.76. The Morgan fingerprint density at radius 1 is 0.926 bits per heavy atom. The Labute approximate surface area is 156 Å². The van der Waals surface area contributed by atoms with Crippen LogP contribution in [0.2, 0.25) is 0 Å². The molecule has 2 aliphatic rings. The lowest BCUT2D eigenvalue weighted by Crippen LogP contribution is -2.52. The van der Waals surface area contributed by atoms with Crippen molar-refractivity contribution < 1.29 is 19.1 Å². The normalized spacial score (nSPS) is 21.1. The topological polar surface area (TPSA) is 64.1 Å². The van der Waals surface area contributed by atoms with Gasteiger partial charge in [0.25, 0.3) is 5.91 Å². The van der Waals surface area contributed by atoms with E-state index in [0.29, 0.717) is 37.6 Å². The molecule has 2 saturated heterocycles. The first-order chi connectivity index (χ1) is 13.0. The molecule has 2 aliphatic heterocycles. The molecule has 1 unspecified atom stereocenters. The minimum Gasteiger partial charge on any atom is -0.508 e. The van der Waals surface area contributed by atoms with Gasteiger partial charge in [-0.3, -0.25) is 14.5 Å². The number of nitrogens with zero attached hydrogens (tertiary/aromatic N) is 3. The van der Waals surface area contributed by atoms with Gasteiger partial charge in [0, 0.05) is 26.2 Å². The van der Waals surface area contributed by atoms with Crippen LogP contribution in [0.1, 0.15) is 6.42 Å². The molecule has 0 saturated carbocycles. The number of imide groups is 1. The second kappa shape index (κ2) is 7.00. The number of piperazine rings is 1. The molecule has 2 amide bonds. The summed E-state index contributed by atoms with van der Waals surface area (Å²) in [4.78, 5) is 30.4. The van der Waals surface area contributed by atoms with Crippen LogP contribution in [0, 0.1) is 5.82 Å². The zero-order chi connectivity index (χ0) is 19.0. The van der Waals surface area contributed by atoms with Gasteiger partial charge in [0.2, 0.25) is 5.91 Å². The van der Waals surface area contributed by atoms with Gasteiger partial charge in [-0.25, -0.2) is 9.29 Å². The number of aromatic hydroxyl groups is 1. The number of anilines is 2. The Bertz CT molecular complexity index is 863. The van der Waals surface area contributed by atoms with E-state index in [4.69, 9.17) is 0 Å². The van der Waals surface area contributed by atoms with Crippen molar-refractivity contribution in [3.8, 4) is 5.75 Å². The fraction of sp³-hybridized carbons (Fsp3) is 0.300. The lowest BCUT2D eigenvalue weighted by atomic mass is 10.1. The highest BCUT2D eigenvalue weighted by Gasteiger charge is 2.43. The number of para-hydroxylation sites is 1. The van der Waals surface area contributed by atoms with Gasteiger partial charge in [-0.05, 0) is 36.4 Å². The summed E-state index contributed by atoms with van der Waals surface area (Å²) >= 11 is 0. The summed E-state index contributed by atoms with van der Waals surface area (Å²) in [5.74, 6) is -0.660. The van der Waals surface area contributed by atoms with Crippen molar-refractivity contribution in [3.05, 3.63) is 54.3 Å². The third-order valence-electron chi connectivity index (χ3n) is 5.18. The highest BCUT2D eigenvalue weighted by atomic mass is 19.1. The van der Waals surface area contributed by atoms with Crippen LogP contribution in [0.5, 0.6) is 5.75 Å². The van der Waals surface area contributed by atoms with Crippen LogP contribution in [-0.4, -0.2) is 54.0 Å². The number of halogens is 1. The molecule has 0 bridgehead atoms. The molecule has 0 aliphatic carbocycles. The summed E-state index contributed by atoms with van der Waals surface area (Å²) in [6.45, 7) is 2.36. The lowest BCUT2D eigenvalue weighted by Gasteiger charge is -2.38. The minimum absolute atomic E-state index is 0.0821. The van der Waals surface area contributed by atoms with Gasteiger partial charge in [-0.1, -0.05) is 12.1 Å². The molecule has 2 aromatic rings. The highest BCUT2D eigenvalue weighted by molar-refractivity contribution is 6.22. The SMILES string of the molecule is O=C1CC(N2CCN(c3ccccc3F)CC2)C(=O)N1c1ccc(O)cc1. The molecule has 2 heterocycles. The summed E-state index contributed by atoms with van der Waals surface area (Å²) in [7, 11) is 0. The molecule has 0 radical (unpaired) electrons. The Hall–Kier alpha value is -2.93. The van der Waals surface area contributed by atoms with Crippen LogP contribution in [-0.2, 0) is 9.59 Å². The van der Waals surface area contributed by atoms with E-state index in [1.807, 2.05) is 9.80 Å². The van der Waals surface area contributed by atoms with E-state index in [0.717, 1.165) is 0 Å². The first-order valence-corrected chi connectivity index (χ1v) is 8.94. The Balaban J connectivity index is 1.44. The largest absolute Gasteiger partial charge is 0.508 e. The standard InChI is InChI=1S/C20H20FN3O3/c21-16-3-1-2-4-17(16)22-9-11-23(12-10-22)18-13-19(26)24(20(18)27)14-5-7-15(25)8-6-14/h1-8,18,25H,9-13H2. The van der Waals surface area contributed by atoms with Crippen LogP contribution in [0.25, 0.3) is 0 Å². The molecule has 1 N–H and O–H groups in total. The number of phenols is 1. The van der Waals surface area contributed by atoms with Crippen LogP contribution in [0.4, 0.5) is 15.8 Å². The van der Waals surface area contributed by atoms with E-state index < -0.39 is 6.04 Å². The maximum absolute atomic E-state index is 14.0. The lowest BCUT2D eigenvalue weighted by molar-refractivity contribution is -0.123. The second-order valence-electron chi connectivity index (χ2n) is 6.78. The monoisotopic (exact) mass is 369 g/mol. The highest BCUT2D eigenvalue weighted by Crippen LogP contribution is 2.28. The second-order valence-corrected chi connectivity index (χ2v) is 6.78. The van der Waals surface area contributed by atoms with E-state index >= 15 is 0 Å². The third-order valence-corrected chi connectivity index (χ3v) is 5.18. The zero-order valence-corrected chi connectivity index (χ0v) is 14.7. The van der Waals surface area contributed by atoms with Gasteiger partial charge in [0.15, 0.2) is 0 Å². The van der Waals surface area contributed by atoms with Gasteiger partial charge in [-0.2, -0.15) is 0 Å². The number of carbonyl (C=O) groups is 2. The van der Waals surface area contributed by atoms with E-state index in [1.165, 1.54) is 23.1 Å². The Kier molecular flexibility index (Phi) is 4.53.